The summed E-state index contributed by atoms with van der Waals surface area (Å²) in [6.07, 6.45) is 0.900. The first kappa shape index (κ1) is 13.0. The molecule has 2 aromatic rings. The Morgan fingerprint density at radius 2 is 2.00 bits per heavy atom. The largest absolute Gasteiger partial charge is 0.497 e. The summed E-state index contributed by atoms with van der Waals surface area (Å²) >= 11 is 0. The van der Waals surface area contributed by atoms with E-state index in [1.165, 1.54) is 0 Å². The highest BCUT2D eigenvalue weighted by Gasteiger charge is 2.32. The standard InChI is InChI=1S/C17H18O3/c1-17(18,13-6-4-7-14(11-13)19-2)15-8-3-5-12-9-10-20-16(12)15/h3-8,11,18H,9-10H2,1-2H3. The Bertz CT molecular complexity index is 632. The highest BCUT2D eigenvalue weighted by atomic mass is 16.5. The van der Waals surface area contributed by atoms with E-state index in [4.69, 9.17) is 9.47 Å². The summed E-state index contributed by atoms with van der Waals surface area (Å²) in [5.41, 5.74) is 1.65. The number of fused-ring (bicyclic) bond motifs is 1. The number of aliphatic hydroxyl groups is 1. The number of rotatable bonds is 3. The van der Waals surface area contributed by atoms with Crippen LogP contribution in [0.15, 0.2) is 42.5 Å². The molecule has 0 saturated carbocycles. The molecule has 1 N–H and O–H groups in total. The molecule has 3 nitrogen and oxygen atoms in total. The van der Waals surface area contributed by atoms with Crippen molar-refractivity contribution in [3.63, 3.8) is 0 Å². The Labute approximate surface area is 118 Å². The van der Waals surface area contributed by atoms with Crippen molar-refractivity contribution in [2.75, 3.05) is 13.7 Å². The lowest BCUT2D eigenvalue weighted by Crippen LogP contribution is -2.23. The van der Waals surface area contributed by atoms with Gasteiger partial charge >= 0.3 is 0 Å². The Kier molecular flexibility index (Phi) is 3.14. The third kappa shape index (κ3) is 2.04. The van der Waals surface area contributed by atoms with Crippen LogP contribution in [0.3, 0.4) is 0 Å². The van der Waals surface area contributed by atoms with Crippen molar-refractivity contribution in [1.29, 1.82) is 0 Å². The molecule has 0 radical (unpaired) electrons. The highest BCUT2D eigenvalue weighted by Crippen LogP contribution is 2.40. The minimum atomic E-state index is -1.11. The van der Waals surface area contributed by atoms with Gasteiger partial charge in [-0.2, -0.15) is 0 Å². The molecule has 0 spiro atoms. The molecule has 2 aromatic carbocycles. The van der Waals surface area contributed by atoms with Crippen molar-refractivity contribution in [1.82, 2.24) is 0 Å². The third-order valence-corrected chi connectivity index (χ3v) is 3.87. The molecule has 0 amide bonds. The lowest BCUT2D eigenvalue weighted by Gasteiger charge is -2.26. The van der Waals surface area contributed by atoms with Gasteiger partial charge < -0.3 is 14.6 Å². The molecule has 0 saturated heterocycles. The maximum Gasteiger partial charge on any atom is 0.129 e. The van der Waals surface area contributed by atoms with E-state index in [1.54, 1.807) is 14.0 Å². The van der Waals surface area contributed by atoms with Gasteiger partial charge in [-0.3, -0.25) is 0 Å². The Morgan fingerprint density at radius 3 is 2.80 bits per heavy atom. The number of ether oxygens (including phenoxy) is 2. The minimum Gasteiger partial charge on any atom is -0.497 e. The lowest BCUT2D eigenvalue weighted by molar-refractivity contribution is 0.0985. The fourth-order valence-electron chi connectivity index (χ4n) is 2.68. The van der Waals surface area contributed by atoms with E-state index >= 15 is 0 Å². The number of hydrogen-bond donors (Lipinski definition) is 1. The summed E-state index contributed by atoms with van der Waals surface area (Å²) in [4.78, 5) is 0. The van der Waals surface area contributed by atoms with E-state index in [2.05, 4.69) is 0 Å². The normalized spacial score (nSPS) is 16.1. The van der Waals surface area contributed by atoms with Gasteiger partial charge in [0.2, 0.25) is 0 Å². The van der Waals surface area contributed by atoms with Gasteiger partial charge in [-0.1, -0.05) is 30.3 Å². The number of methoxy groups -OCH3 is 1. The van der Waals surface area contributed by atoms with E-state index < -0.39 is 5.60 Å². The maximum atomic E-state index is 11.0. The van der Waals surface area contributed by atoms with Gasteiger partial charge in [0, 0.05) is 12.0 Å². The molecule has 0 fully saturated rings. The van der Waals surface area contributed by atoms with Crippen LogP contribution in [0.1, 0.15) is 23.6 Å². The summed E-state index contributed by atoms with van der Waals surface area (Å²) in [6.45, 7) is 2.47. The highest BCUT2D eigenvalue weighted by molar-refractivity contribution is 5.51. The SMILES string of the molecule is COc1cccc(C(C)(O)c2cccc3c2OCC3)c1. The van der Waals surface area contributed by atoms with Crippen molar-refractivity contribution < 1.29 is 14.6 Å². The summed E-state index contributed by atoms with van der Waals surface area (Å²) in [5.74, 6) is 1.55. The van der Waals surface area contributed by atoms with Crippen LogP contribution in [0.2, 0.25) is 0 Å². The molecule has 1 heterocycles. The molecule has 1 atom stereocenters. The Morgan fingerprint density at radius 1 is 1.20 bits per heavy atom. The molecule has 0 aromatic heterocycles. The zero-order valence-corrected chi connectivity index (χ0v) is 11.7. The summed E-state index contributed by atoms with van der Waals surface area (Å²) in [6, 6.07) is 13.4. The first-order valence-electron chi connectivity index (χ1n) is 6.75. The first-order valence-corrected chi connectivity index (χ1v) is 6.75. The Hall–Kier alpha value is -2.00. The van der Waals surface area contributed by atoms with Gasteiger partial charge in [0.1, 0.15) is 17.1 Å². The molecular formula is C17H18O3. The molecular weight excluding hydrogens is 252 g/mol. The molecule has 0 bridgehead atoms. The van der Waals surface area contributed by atoms with Gasteiger partial charge in [0.25, 0.3) is 0 Å². The van der Waals surface area contributed by atoms with Crippen LogP contribution in [0.5, 0.6) is 11.5 Å². The topological polar surface area (TPSA) is 38.7 Å². The van der Waals surface area contributed by atoms with Crippen molar-refractivity contribution >= 4 is 0 Å². The van der Waals surface area contributed by atoms with E-state index in [0.29, 0.717) is 6.61 Å². The quantitative estimate of drug-likeness (QED) is 0.932. The number of para-hydroxylation sites is 1. The van der Waals surface area contributed by atoms with Crippen LogP contribution in [-0.4, -0.2) is 18.8 Å². The van der Waals surface area contributed by atoms with Crippen LogP contribution in [-0.2, 0) is 12.0 Å². The second kappa shape index (κ2) is 4.84. The molecule has 20 heavy (non-hydrogen) atoms. The molecule has 1 aliphatic rings. The van der Waals surface area contributed by atoms with Crippen molar-refractivity contribution in [3.8, 4) is 11.5 Å². The second-order valence-electron chi connectivity index (χ2n) is 5.20. The van der Waals surface area contributed by atoms with Crippen LogP contribution in [0, 0.1) is 0 Å². The summed E-state index contributed by atoms with van der Waals surface area (Å²) in [7, 11) is 1.62. The average molecular weight is 270 g/mol. The monoisotopic (exact) mass is 270 g/mol. The van der Waals surface area contributed by atoms with Gasteiger partial charge in [0.15, 0.2) is 0 Å². The van der Waals surface area contributed by atoms with Gasteiger partial charge in [0.05, 0.1) is 13.7 Å². The van der Waals surface area contributed by atoms with Gasteiger partial charge in [-0.05, 0) is 30.2 Å². The number of hydrogen-bond acceptors (Lipinski definition) is 3. The second-order valence-corrected chi connectivity index (χ2v) is 5.20. The Balaban J connectivity index is 2.10. The molecule has 3 heteroatoms. The lowest BCUT2D eigenvalue weighted by atomic mass is 9.86. The van der Waals surface area contributed by atoms with Crippen molar-refractivity contribution in [2.24, 2.45) is 0 Å². The van der Waals surface area contributed by atoms with Crippen LogP contribution >= 0.6 is 0 Å². The van der Waals surface area contributed by atoms with Gasteiger partial charge in [-0.25, -0.2) is 0 Å². The smallest absolute Gasteiger partial charge is 0.129 e. The summed E-state index contributed by atoms with van der Waals surface area (Å²) in [5, 5.41) is 11.0. The van der Waals surface area contributed by atoms with Crippen LogP contribution in [0.25, 0.3) is 0 Å². The van der Waals surface area contributed by atoms with E-state index in [0.717, 1.165) is 34.6 Å². The van der Waals surface area contributed by atoms with E-state index in [1.807, 2.05) is 42.5 Å². The molecule has 3 rings (SSSR count). The van der Waals surface area contributed by atoms with Crippen LogP contribution < -0.4 is 9.47 Å². The maximum absolute atomic E-state index is 11.0. The van der Waals surface area contributed by atoms with Crippen molar-refractivity contribution in [2.45, 2.75) is 18.9 Å². The molecule has 1 unspecified atom stereocenters. The summed E-state index contributed by atoms with van der Waals surface area (Å²) < 4.78 is 10.9. The first-order chi connectivity index (χ1) is 9.63. The number of benzene rings is 2. The molecule has 104 valence electrons. The fourth-order valence-corrected chi connectivity index (χ4v) is 2.68. The minimum absolute atomic E-state index is 0.681. The van der Waals surface area contributed by atoms with Crippen LogP contribution in [0.4, 0.5) is 0 Å². The third-order valence-electron chi connectivity index (χ3n) is 3.87. The predicted molar refractivity (Wildman–Crippen MR) is 77.3 cm³/mol. The van der Waals surface area contributed by atoms with Gasteiger partial charge in [-0.15, -0.1) is 0 Å². The zero-order chi connectivity index (χ0) is 14.2. The zero-order valence-electron chi connectivity index (χ0n) is 11.7. The van der Waals surface area contributed by atoms with Crippen molar-refractivity contribution in [3.05, 3.63) is 59.2 Å². The van der Waals surface area contributed by atoms with E-state index in [9.17, 15) is 5.11 Å². The predicted octanol–water partition coefficient (Wildman–Crippen LogP) is 2.89. The van der Waals surface area contributed by atoms with E-state index in [-0.39, 0.29) is 0 Å². The molecule has 1 aliphatic heterocycles. The average Bonchev–Trinajstić information content (AvgIpc) is 2.95. The molecule has 0 aliphatic carbocycles. The fraction of sp³-hybridized carbons (Fsp3) is 0.294.